The Hall–Kier alpha value is -1.10. The van der Waals surface area contributed by atoms with Gasteiger partial charge in [-0.3, -0.25) is 0 Å². The number of nitrogens with two attached hydrogens (primary N) is 1. The van der Waals surface area contributed by atoms with Crippen molar-refractivity contribution in [3.05, 3.63) is 29.8 Å². The van der Waals surface area contributed by atoms with E-state index in [-0.39, 0.29) is 0 Å². The molecule has 0 aliphatic rings. The minimum Gasteiger partial charge on any atom is -0.491 e. The molecule has 0 aromatic heterocycles. The van der Waals surface area contributed by atoms with Crippen LogP contribution < -0.4 is 10.5 Å². The molecule has 0 amide bonds. The number of hydrogen-bond donors (Lipinski definition) is 1. The van der Waals surface area contributed by atoms with E-state index in [1.54, 1.807) is 0 Å². The lowest BCUT2D eigenvalue weighted by molar-refractivity contribution is 0.0887. The molecule has 0 atom stereocenters. The molecule has 0 unspecified atom stereocenters. The smallest absolute Gasteiger partial charge is 0.123 e. The first-order chi connectivity index (χ1) is 8.24. The Kier molecular flexibility index (Phi) is 6.62. The molecule has 96 valence electrons. The number of benzene rings is 1. The maximum absolute atomic E-state index is 5.62. The maximum atomic E-state index is 5.62. The number of hydrogen-bond acceptors (Lipinski definition) is 4. The van der Waals surface area contributed by atoms with Crippen LogP contribution in [0.3, 0.4) is 0 Å². The zero-order chi connectivity index (χ0) is 12.5. The third-order valence-electron chi connectivity index (χ3n) is 2.36. The summed E-state index contributed by atoms with van der Waals surface area (Å²) in [7, 11) is 4.05. The van der Waals surface area contributed by atoms with Crippen LogP contribution in [0.1, 0.15) is 5.56 Å². The van der Waals surface area contributed by atoms with Gasteiger partial charge in [-0.25, -0.2) is 0 Å². The average molecular weight is 238 g/mol. The summed E-state index contributed by atoms with van der Waals surface area (Å²) in [6.07, 6.45) is 0. The molecule has 0 saturated carbocycles. The van der Waals surface area contributed by atoms with E-state index in [4.69, 9.17) is 15.2 Å². The Labute approximate surface area is 103 Å². The molecule has 0 spiro atoms. The normalized spacial score (nSPS) is 10.8. The van der Waals surface area contributed by atoms with Gasteiger partial charge in [0.1, 0.15) is 12.4 Å². The quantitative estimate of drug-likeness (QED) is 0.689. The molecule has 0 heterocycles. The van der Waals surface area contributed by atoms with Gasteiger partial charge >= 0.3 is 0 Å². The van der Waals surface area contributed by atoms with Crippen molar-refractivity contribution >= 4 is 0 Å². The lowest BCUT2D eigenvalue weighted by atomic mass is 10.2. The van der Waals surface area contributed by atoms with Gasteiger partial charge in [0.15, 0.2) is 0 Å². The average Bonchev–Trinajstić information content (AvgIpc) is 2.33. The zero-order valence-electron chi connectivity index (χ0n) is 10.7. The minimum absolute atomic E-state index is 0.498. The van der Waals surface area contributed by atoms with E-state index >= 15 is 0 Å². The molecule has 4 nitrogen and oxygen atoms in total. The van der Waals surface area contributed by atoms with Crippen LogP contribution >= 0.6 is 0 Å². The Morgan fingerprint density at radius 2 is 1.88 bits per heavy atom. The fourth-order valence-corrected chi connectivity index (χ4v) is 1.37. The molecule has 0 bridgehead atoms. The van der Waals surface area contributed by atoms with E-state index in [1.807, 2.05) is 38.4 Å². The molecular formula is C13H22N2O2. The first kappa shape index (κ1) is 14.0. The molecule has 0 radical (unpaired) electrons. The van der Waals surface area contributed by atoms with Crippen LogP contribution in [-0.2, 0) is 11.3 Å². The van der Waals surface area contributed by atoms with Gasteiger partial charge in [0, 0.05) is 18.7 Å². The van der Waals surface area contributed by atoms with E-state index in [0.29, 0.717) is 19.8 Å². The molecule has 0 fully saturated rings. The monoisotopic (exact) mass is 238 g/mol. The third kappa shape index (κ3) is 5.68. The second-order valence-corrected chi connectivity index (χ2v) is 4.08. The van der Waals surface area contributed by atoms with Crippen molar-refractivity contribution in [1.29, 1.82) is 0 Å². The number of likely N-dealkylation sites (N-methyl/N-ethyl adjacent to an activating group) is 1. The molecule has 1 aromatic rings. The highest BCUT2D eigenvalue weighted by Crippen LogP contribution is 2.16. The Bertz CT molecular complexity index is 316. The second kappa shape index (κ2) is 8.06. The molecule has 0 saturated heterocycles. The standard InChI is InChI=1S/C13H22N2O2/c1-15(2)7-8-16-9-10-17-13-6-4-3-5-12(13)11-14/h3-6H,7-11,14H2,1-2H3. The van der Waals surface area contributed by atoms with Gasteiger partial charge in [-0.15, -0.1) is 0 Å². The zero-order valence-corrected chi connectivity index (χ0v) is 10.7. The van der Waals surface area contributed by atoms with Gasteiger partial charge in [-0.05, 0) is 20.2 Å². The van der Waals surface area contributed by atoms with E-state index in [2.05, 4.69) is 4.90 Å². The van der Waals surface area contributed by atoms with Crippen molar-refractivity contribution < 1.29 is 9.47 Å². The summed E-state index contributed by atoms with van der Waals surface area (Å²) in [5, 5.41) is 0. The van der Waals surface area contributed by atoms with Crippen LogP contribution in [0.5, 0.6) is 5.75 Å². The van der Waals surface area contributed by atoms with Crippen molar-refractivity contribution in [3.8, 4) is 5.75 Å². The number of nitrogens with zero attached hydrogens (tertiary/aromatic N) is 1. The summed E-state index contributed by atoms with van der Waals surface area (Å²) in [6.45, 7) is 3.32. The van der Waals surface area contributed by atoms with Gasteiger partial charge < -0.3 is 20.1 Å². The highest BCUT2D eigenvalue weighted by Gasteiger charge is 2.00. The molecule has 1 aromatic carbocycles. The van der Waals surface area contributed by atoms with Crippen molar-refractivity contribution in [2.45, 2.75) is 6.54 Å². The van der Waals surface area contributed by atoms with Crippen LogP contribution in [0.4, 0.5) is 0 Å². The van der Waals surface area contributed by atoms with Gasteiger partial charge in [0.2, 0.25) is 0 Å². The van der Waals surface area contributed by atoms with Gasteiger partial charge in [0.25, 0.3) is 0 Å². The maximum Gasteiger partial charge on any atom is 0.123 e. The van der Waals surface area contributed by atoms with Crippen molar-refractivity contribution in [2.24, 2.45) is 5.73 Å². The molecule has 0 aliphatic carbocycles. The topological polar surface area (TPSA) is 47.7 Å². The van der Waals surface area contributed by atoms with Gasteiger partial charge in [-0.2, -0.15) is 0 Å². The van der Waals surface area contributed by atoms with Gasteiger partial charge in [0.05, 0.1) is 13.2 Å². The summed E-state index contributed by atoms with van der Waals surface area (Å²) in [5.41, 5.74) is 6.65. The largest absolute Gasteiger partial charge is 0.491 e. The summed E-state index contributed by atoms with van der Waals surface area (Å²) in [4.78, 5) is 2.09. The molecular weight excluding hydrogens is 216 g/mol. The SMILES string of the molecule is CN(C)CCOCCOc1ccccc1CN. The Morgan fingerprint density at radius 1 is 1.12 bits per heavy atom. The minimum atomic E-state index is 0.498. The lowest BCUT2D eigenvalue weighted by Crippen LogP contribution is -2.19. The summed E-state index contributed by atoms with van der Waals surface area (Å²) < 4.78 is 11.1. The van der Waals surface area contributed by atoms with E-state index < -0.39 is 0 Å². The summed E-state index contributed by atoms with van der Waals surface area (Å²) >= 11 is 0. The lowest BCUT2D eigenvalue weighted by Gasteiger charge is -2.12. The first-order valence-electron chi connectivity index (χ1n) is 5.87. The van der Waals surface area contributed by atoms with E-state index in [0.717, 1.165) is 24.5 Å². The van der Waals surface area contributed by atoms with Crippen LogP contribution in [0.25, 0.3) is 0 Å². The molecule has 0 aliphatic heterocycles. The first-order valence-corrected chi connectivity index (χ1v) is 5.87. The fourth-order valence-electron chi connectivity index (χ4n) is 1.37. The molecule has 17 heavy (non-hydrogen) atoms. The number of ether oxygens (including phenoxy) is 2. The Morgan fingerprint density at radius 3 is 2.59 bits per heavy atom. The predicted octanol–water partition coefficient (Wildman–Crippen LogP) is 1.10. The fraction of sp³-hybridized carbons (Fsp3) is 0.538. The highest BCUT2D eigenvalue weighted by molar-refractivity contribution is 5.32. The molecule has 1 rings (SSSR count). The van der Waals surface area contributed by atoms with Crippen molar-refractivity contribution in [1.82, 2.24) is 4.90 Å². The summed E-state index contributed by atoms with van der Waals surface area (Å²) in [6, 6.07) is 7.81. The van der Waals surface area contributed by atoms with Crippen LogP contribution in [-0.4, -0.2) is 45.4 Å². The third-order valence-corrected chi connectivity index (χ3v) is 2.36. The van der Waals surface area contributed by atoms with Crippen LogP contribution in [0.15, 0.2) is 24.3 Å². The molecule has 4 heteroatoms. The second-order valence-electron chi connectivity index (χ2n) is 4.08. The number of rotatable bonds is 8. The van der Waals surface area contributed by atoms with E-state index in [1.165, 1.54) is 0 Å². The van der Waals surface area contributed by atoms with Crippen LogP contribution in [0, 0.1) is 0 Å². The van der Waals surface area contributed by atoms with Crippen LogP contribution in [0.2, 0.25) is 0 Å². The number of para-hydroxylation sites is 1. The molecule has 2 N–H and O–H groups in total. The summed E-state index contributed by atoms with van der Waals surface area (Å²) in [5.74, 6) is 0.853. The highest BCUT2D eigenvalue weighted by atomic mass is 16.5. The van der Waals surface area contributed by atoms with E-state index in [9.17, 15) is 0 Å². The predicted molar refractivity (Wildman–Crippen MR) is 69.2 cm³/mol. The van der Waals surface area contributed by atoms with Crippen molar-refractivity contribution in [3.63, 3.8) is 0 Å². The Balaban J connectivity index is 2.17. The van der Waals surface area contributed by atoms with Crippen molar-refractivity contribution in [2.75, 3.05) is 40.5 Å². The van der Waals surface area contributed by atoms with Gasteiger partial charge in [-0.1, -0.05) is 18.2 Å².